The summed E-state index contributed by atoms with van der Waals surface area (Å²) in [6, 6.07) is 10.3. The molecule has 0 saturated heterocycles. The van der Waals surface area contributed by atoms with Gasteiger partial charge in [-0.1, -0.05) is 22.0 Å². The summed E-state index contributed by atoms with van der Waals surface area (Å²) in [6.07, 6.45) is 1.61. The maximum atomic E-state index is 14.0. The second kappa shape index (κ2) is 5.14. The van der Waals surface area contributed by atoms with Gasteiger partial charge in [0.25, 0.3) is 0 Å². The van der Waals surface area contributed by atoms with Crippen LogP contribution in [0.5, 0.6) is 0 Å². The minimum absolute atomic E-state index is 0.0558. The molecule has 0 unspecified atom stereocenters. The Kier molecular flexibility index (Phi) is 3.48. The third kappa shape index (κ3) is 2.21. The Balaban J connectivity index is 2.18. The van der Waals surface area contributed by atoms with Crippen molar-refractivity contribution in [1.29, 1.82) is 0 Å². The smallest absolute Gasteiger partial charge is 0.198 e. The number of aromatic amines is 1. The van der Waals surface area contributed by atoms with E-state index in [2.05, 4.69) is 36.8 Å². The highest BCUT2D eigenvalue weighted by molar-refractivity contribution is 9.10. The standard InChI is InChI=1S/C15H8Br2FNO/c16-8-4-5-13-10(6-8)11(7-19-13)15(20)9-2-1-3-12(17)14(9)18/h1-7,19H. The third-order valence-corrected chi connectivity index (χ3v) is 4.19. The Labute approximate surface area is 131 Å². The van der Waals surface area contributed by atoms with Gasteiger partial charge in [0.1, 0.15) is 5.82 Å². The SMILES string of the molecule is O=C(c1cccc(Br)c1F)c1c[nH]c2ccc(Br)cc12. The quantitative estimate of drug-likeness (QED) is 0.603. The predicted molar refractivity (Wildman–Crippen MR) is 83.5 cm³/mol. The molecule has 0 bridgehead atoms. The van der Waals surface area contributed by atoms with Crippen molar-refractivity contribution in [1.82, 2.24) is 4.98 Å². The van der Waals surface area contributed by atoms with Crippen molar-refractivity contribution < 1.29 is 9.18 Å². The van der Waals surface area contributed by atoms with E-state index in [9.17, 15) is 9.18 Å². The molecular formula is C15H8Br2FNO. The molecule has 1 aromatic heterocycles. The normalized spacial score (nSPS) is 10.9. The summed E-state index contributed by atoms with van der Waals surface area (Å²) in [5.74, 6) is -0.880. The molecule has 0 amide bonds. The zero-order chi connectivity index (χ0) is 14.3. The Hall–Kier alpha value is -1.46. The van der Waals surface area contributed by atoms with Gasteiger partial charge in [0.15, 0.2) is 5.78 Å². The molecule has 0 saturated carbocycles. The topological polar surface area (TPSA) is 32.9 Å². The number of nitrogens with one attached hydrogen (secondary N) is 1. The number of halogens is 3. The molecule has 0 spiro atoms. The van der Waals surface area contributed by atoms with Crippen LogP contribution in [-0.4, -0.2) is 10.8 Å². The van der Waals surface area contributed by atoms with Gasteiger partial charge in [0.05, 0.1) is 10.0 Å². The van der Waals surface area contributed by atoms with Gasteiger partial charge in [-0.3, -0.25) is 4.79 Å². The van der Waals surface area contributed by atoms with Crippen molar-refractivity contribution in [2.24, 2.45) is 0 Å². The number of carbonyl (C=O) groups is 1. The lowest BCUT2D eigenvalue weighted by Crippen LogP contribution is -2.04. The number of aromatic nitrogens is 1. The summed E-state index contributed by atoms with van der Waals surface area (Å²) >= 11 is 6.47. The van der Waals surface area contributed by atoms with Crippen molar-refractivity contribution in [2.75, 3.05) is 0 Å². The second-order valence-corrected chi connectivity index (χ2v) is 6.09. The van der Waals surface area contributed by atoms with Crippen molar-refractivity contribution in [3.05, 3.63) is 68.5 Å². The molecule has 2 nitrogen and oxygen atoms in total. The molecule has 0 radical (unpaired) electrons. The first-order valence-corrected chi connectivity index (χ1v) is 7.42. The molecule has 100 valence electrons. The molecule has 0 atom stereocenters. The van der Waals surface area contributed by atoms with Crippen LogP contribution in [0.1, 0.15) is 15.9 Å². The number of hydrogen-bond acceptors (Lipinski definition) is 1. The molecule has 2 aromatic carbocycles. The monoisotopic (exact) mass is 395 g/mol. The van der Waals surface area contributed by atoms with E-state index >= 15 is 0 Å². The van der Waals surface area contributed by atoms with Crippen molar-refractivity contribution >= 4 is 48.5 Å². The Morgan fingerprint density at radius 3 is 2.70 bits per heavy atom. The fraction of sp³-hybridized carbons (Fsp3) is 0. The molecule has 0 fully saturated rings. The lowest BCUT2D eigenvalue weighted by atomic mass is 10.0. The molecule has 20 heavy (non-hydrogen) atoms. The molecule has 5 heteroatoms. The van der Waals surface area contributed by atoms with Crippen LogP contribution in [0.2, 0.25) is 0 Å². The minimum Gasteiger partial charge on any atom is -0.360 e. The van der Waals surface area contributed by atoms with Gasteiger partial charge in [0.2, 0.25) is 0 Å². The molecule has 1 N–H and O–H groups in total. The minimum atomic E-state index is -0.540. The summed E-state index contributed by atoms with van der Waals surface area (Å²) in [4.78, 5) is 15.5. The average Bonchev–Trinajstić information content (AvgIpc) is 2.84. The number of fused-ring (bicyclic) bond motifs is 1. The van der Waals surface area contributed by atoms with E-state index in [1.54, 1.807) is 18.3 Å². The first-order chi connectivity index (χ1) is 9.58. The molecule has 1 heterocycles. The predicted octanol–water partition coefficient (Wildman–Crippen LogP) is 5.06. The van der Waals surface area contributed by atoms with Gasteiger partial charge in [-0.2, -0.15) is 0 Å². The van der Waals surface area contributed by atoms with Crippen LogP contribution in [0, 0.1) is 5.82 Å². The van der Waals surface area contributed by atoms with Crippen molar-refractivity contribution in [2.45, 2.75) is 0 Å². The molecule has 0 aliphatic rings. The zero-order valence-corrected chi connectivity index (χ0v) is 13.3. The zero-order valence-electron chi connectivity index (χ0n) is 10.1. The summed E-state index contributed by atoms with van der Waals surface area (Å²) in [6.45, 7) is 0. The Morgan fingerprint density at radius 1 is 1.10 bits per heavy atom. The van der Waals surface area contributed by atoms with Crippen LogP contribution in [0.15, 0.2) is 51.5 Å². The van der Waals surface area contributed by atoms with Crippen LogP contribution < -0.4 is 0 Å². The molecule has 0 aliphatic heterocycles. The van der Waals surface area contributed by atoms with E-state index in [0.717, 1.165) is 15.4 Å². The lowest BCUT2D eigenvalue weighted by Gasteiger charge is -2.03. The number of carbonyl (C=O) groups excluding carboxylic acids is 1. The first kappa shape index (κ1) is 13.5. The summed E-state index contributed by atoms with van der Waals surface area (Å²) < 4.78 is 15.2. The van der Waals surface area contributed by atoms with Crippen LogP contribution >= 0.6 is 31.9 Å². The van der Waals surface area contributed by atoms with Gasteiger partial charge in [0, 0.05) is 27.1 Å². The van der Waals surface area contributed by atoms with Crippen molar-refractivity contribution in [3.63, 3.8) is 0 Å². The van der Waals surface area contributed by atoms with Gasteiger partial charge in [-0.15, -0.1) is 0 Å². The third-order valence-electron chi connectivity index (χ3n) is 3.08. The fourth-order valence-corrected chi connectivity index (χ4v) is 2.83. The van der Waals surface area contributed by atoms with Crippen LogP contribution in [0.25, 0.3) is 10.9 Å². The van der Waals surface area contributed by atoms with Gasteiger partial charge in [-0.05, 0) is 46.3 Å². The maximum absolute atomic E-state index is 14.0. The highest BCUT2D eigenvalue weighted by Crippen LogP contribution is 2.27. The molecule has 3 rings (SSSR count). The lowest BCUT2D eigenvalue weighted by molar-refractivity contribution is 0.103. The molecular weight excluding hydrogens is 389 g/mol. The Bertz CT molecular complexity index is 826. The number of H-pyrrole nitrogens is 1. The van der Waals surface area contributed by atoms with E-state index < -0.39 is 5.82 Å². The Morgan fingerprint density at radius 2 is 1.90 bits per heavy atom. The highest BCUT2D eigenvalue weighted by Gasteiger charge is 2.19. The van der Waals surface area contributed by atoms with Crippen LogP contribution in [-0.2, 0) is 0 Å². The van der Waals surface area contributed by atoms with Crippen LogP contribution in [0.3, 0.4) is 0 Å². The summed E-state index contributed by atoms with van der Waals surface area (Å²) in [5.41, 5.74) is 1.35. The number of ketones is 1. The summed E-state index contributed by atoms with van der Waals surface area (Å²) in [7, 11) is 0. The largest absolute Gasteiger partial charge is 0.360 e. The van der Waals surface area contributed by atoms with E-state index in [4.69, 9.17) is 0 Å². The fourth-order valence-electron chi connectivity index (χ4n) is 2.10. The van der Waals surface area contributed by atoms with E-state index in [1.165, 1.54) is 6.07 Å². The van der Waals surface area contributed by atoms with Crippen LogP contribution in [0.4, 0.5) is 4.39 Å². The van der Waals surface area contributed by atoms with Crippen molar-refractivity contribution in [3.8, 4) is 0 Å². The van der Waals surface area contributed by atoms with Gasteiger partial charge < -0.3 is 4.98 Å². The number of rotatable bonds is 2. The van der Waals surface area contributed by atoms with E-state index in [1.807, 2.05) is 18.2 Å². The number of benzene rings is 2. The maximum Gasteiger partial charge on any atom is 0.198 e. The number of hydrogen-bond donors (Lipinski definition) is 1. The molecule has 3 aromatic rings. The summed E-state index contributed by atoms with van der Waals surface area (Å²) in [5, 5.41) is 0.767. The van der Waals surface area contributed by atoms with Gasteiger partial charge in [-0.25, -0.2) is 4.39 Å². The molecule has 0 aliphatic carbocycles. The average molecular weight is 397 g/mol. The van der Waals surface area contributed by atoms with E-state index in [0.29, 0.717) is 5.56 Å². The first-order valence-electron chi connectivity index (χ1n) is 5.83. The second-order valence-electron chi connectivity index (χ2n) is 4.32. The van der Waals surface area contributed by atoms with Gasteiger partial charge >= 0.3 is 0 Å². The van der Waals surface area contributed by atoms with E-state index in [-0.39, 0.29) is 15.8 Å². The highest BCUT2D eigenvalue weighted by atomic mass is 79.9.